The molecule has 1 aromatic carbocycles. The Bertz CT molecular complexity index is 578. The van der Waals surface area contributed by atoms with Gasteiger partial charge in [-0.05, 0) is 38.2 Å². The molecule has 0 bridgehead atoms. The van der Waals surface area contributed by atoms with Crippen molar-refractivity contribution in [3.8, 4) is 0 Å². The van der Waals surface area contributed by atoms with Crippen LogP contribution < -0.4 is 10.6 Å². The number of guanidine groups is 1. The van der Waals surface area contributed by atoms with Crippen molar-refractivity contribution < 1.29 is 4.42 Å². The van der Waals surface area contributed by atoms with Crippen LogP contribution in [0, 0.1) is 0 Å². The van der Waals surface area contributed by atoms with Crippen LogP contribution in [0.25, 0.3) is 0 Å². The van der Waals surface area contributed by atoms with Gasteiger partial charge in [0, 0.05) is 20.1 Å². The number of likely N-dealkylation sites (N-methyl/N-ethyl adjacent to an activating group) is 1. The van der Waals surface area contributed by atoms with Gasteiger partial charge >= 0.3 is 0 Å². The topological polar surface area (TPSA) is 52.8 Å². The van der Waals surface area contributed by atoms with Crippen molar-refractivity contribution in [3.63, 3.8) is 0 Å². The zero-order chi connectivity index (χ0) is 16.5. The number of aliphatic imine (C=N–C) groups is 1. The SMILES string of the molecule is CN=C(NCCc1ccccc1)NCC(c1ccco1)N(C)C. The Morgan fingerprint density at radius 1 is 1.13 bits per heavy atom. The number of rotatable bonds is 7. The molecule has 0 aliphatic rings. The lowest BCUT2D eigenvalue weighted by atomic mass is 10.1. The normalized spacial score (nSPS) is 13.1. The van der Waals surface area contributed by atoms with Crippen LogP contribution in [0.3, 0.4) is 0 Å². The third-order valence-electron chi connectivity index (χ3n) is 3.73. The van der Waals surface area contributed by atoms with Crippen LogP contribution in [0.4, 0.5) is 0 Å². The zero-order valence-electron chi connectivity index (χ0n) is 14.1. The molecule has 0 amide bonds. The summed E-state index contributed by atoms with van der Waals surface area (Å²) in [5, 5.41) is 6.71. The van der Waals surface area contributed by atoms with Crippen molar-refractivity contribution in [1.82, 2.24) is 15.5 Å². The highest BCUT2D eigenvalue weighted by Crippen LogP contribution is 2.17. The molecular formula is C18H26N4O. The van der Waals surface area contributed by atoms with Gasteiger partial charge in [-0.2, -0.15) is 0 Å². The molecule has 124 valence electrons. The quantitative estimate of drug-likeness (QED) is 0.608. The fourth-order valence-corrected chi connectivity index (χ4v) is 2.40. The second-order valence-corrected chi connectivity index (χ2v) is 5.61. The standard InChI is InChI=1S/C18H26N4O/c1-19-18(20-12-11-15-8-5-4-6-9-15)21-14-16(22(2)3)17-10-7-13-23-17/h4-10,13,16H,11-12,14H2,1-3H3,(H2,19,20,21). The molecule has 2 aromatic rings. The fraction of sp³-hybridized carbons (Fsp3) is 0.389. The maximum Gasteiger partial charge on any atom is 0.191 e. The van der Waals surface area contributed by atoms with Gasteiger partial charge in [0.1, 0.15) is 5.76 Å². The van der Waals surface area contributed by atoms with Crippen molar-refractivity contribution in [2.75, 3.05) is 34.2 Å². The van der Waals surface area contributed by atoms with E-state index in [2.05, 4.69) is 44.8 Å². The number of benzene rings is 1. The van der Waals surface area contributed by atoms with Crippen LogP contribution in [0.2, 0.25) is 0 Å². The summed E-state index contributed by atoms with van der Waals surface area (Å²) in [6.07, 6.45) is 2.68. The Morgan fingerprint density at radius 3 is 2.52 bits per heavy atom. The van der Waals surface area contributed by atoms with Gasteiger partial charge in [0.25, 0.3) is 0 Å². The molecule has 2 N–H and O–H groups in total. The largest absolute Gasteiger partial charge is 0.468 e. The summed E-state index contributed by atoms with van der Waals surface area (Å²) >= 11 is 0. The van der Waals surface area contributed by atoms with Crippen LogP contribution >= 0.6 is 0 Å². The number of hydrogen-bond acceptors (Lipinski definition) is 3. The van der Waals surface area contributed by atoms with Crippen molar-refractivity contribution >= 4 is 5.96 Å². The Balaban J connectivity index is 1.80. The summed E-state index contributed by atoms with van der Waals surface area (Å²) in [6.45, 7) is 1.57. The minimum absolute atomic E-state index is 0.165. The van der Waals surface area contributed by atoms with Gasteiger partial charge in [0.05, 0.1) is 12.3 Å². The molecule has 5 heteroatoms. The third-order valence-corrected chi connectivity index (χ3v) is 3.73. The summed E-state index contributed by atoms with van der Waals surface area (Å²) in [6, 6.07) is 14.5. The van der Waals surface area contributed by atoms with Gasteiger partial charge in [-0.25, -0.2) is 0 Å². The molecule has 1 aromatic heterocycles. The van der Waals surface area contributed by atoms with Gasteiger partial charge in [-0.15, -0.1) is 0 Å². The van der Waals surface area contributed by atoms with E-state index in [9.17, 15) is 0 Å². The van der Waals surface area contributed by atoms with E-state index < -0.39 is 0 Å². The maximum atomic E-state index is 5.52. The van der Waals surface area contributed by atoms with E-state index in [1.807, 2.05) is 32.3 Å². The van der Waals surface area contributed by atoms with Crippen molar-refractivity contribution in [1.29, 1.82) is 0 Å². The molecule has 1 atom stereocenters. The lowest BCUT2D eigenvalue weighted by molar-refractivity contribution is 0.258. The fourth-order valence-electron chi connectivity index (χ4n) is 2.40. The van der Waals surface area contributed by atoms with Gasteiger partial charge in [-0.3, -0.25) is 9.89 Å². The summed E-state index contributed by atoms with van der Waals surface area (Å²) in [4.78, 5) is 6.41. The number of furan rings is 1. The highest BCUT2D eigenvalue weighted by molar-refractivity contribution is 5.79. The van der Waals surface area contributed by atoms with E-state index in [0.29, 0.717) is 0 Å². The van der Waals surface area contributed by atoms with Gasteiger partial charge in [0.15, 0.2) is 5.96 Å². The Hall–Kier alpha value is -2.27. The zero-order valence-corrected chi connectivity index (χ0v) is 14.1. The minimum Gasteiger partial charge on any atom is -0.468 e. The second kappa shape index (κ2) is 9.00. The van der Waals surface area contributed by atoms with E-state index >= 15 is 0 Å². The molecule has 1 heterocycles. The first-order valence-corrected chi connectivity index (χ1v) is 7.89. The minimum atomic E-state index is 0.165. The Labute approximate surface area is 138 Å². The summed E-state index contributed by atoms with van der Waals surface area (Å²) in [7, 11) is 5.87. The van der Waals surface area contributed by atoms with E-state index in [1.54, 1.807) is 13.3 Å². The monoisotopic (exact) mass is 314 g/mol. The van der Waals surface area contributed by atoms with Crippen LogP contribution in [0.5, 0.6) is 0 Å². The third kappa shape index (κ3) is 5.45. The number of nitrogens with one attached hydrogen (secondary N) is 2. The van der Waals surface area contributed by atoms with Crippen LogP contribution in [0.15, 0.2) is 58.1 Å². The molecule has 0 radical (unpaired) electrons. The second-order valence-electron chi connectivity index (χ2n) is 5.61. The predicted molar refractivity (Wildman–Crippen MR) is 94.6 cm³/mol. The van der Waals surface area contributed by atoms with Crippen LogP contribution in [-0.2, 0) is 6.42 Å². The van der Waals surface area contributed by atoms with E-state index in [-0.39, 0.29) is 6.04 Å². The first-order valence-electron chi connectivity index (χ1n) is 7.89. The molecule has 0 aliphatic carbocycles. The summed E-state index contributed by atoms with van der Waals surface area (Å²) in [5.74, 6) is 1.75. The van der Waals surface area contributed by atoms with Gasteiger partial charge in [0.2, 0.25) is 0 Å². The average molecular weight is 314 g/mol. The maximum absolute atomic E-state index is 5.52. The lowest BCUT2D eigenvalue weighted by Gasteiger charge is -2.23. The molecule has 0 aliphatic heterocycles. The highest BCUT2D eigenvalue weighted by Gasteiger charge is 2.17. The molecule has 5 nitrogen and oxygen atoms in total. The van der Waals surface area contributed by atoms with Crippen molar-refractivity contribution in [2.45, 2.75) is 12.5 Å². The predicted octanol–water partition coefficient (Wildman–Crippen LogP) is 2.29. The van der Waals surface area contributed by atoms with Crippen LogP contribution in [0.1, 0.15) is 17.4 Å². The lowest BCUT2D eigenvalue weighted by Crippen LogP contribution is -2.42. The van der Waals surface area contributed by atoms with E-state index in [1.165, 1.54) is 5.56 Å². The summed E-state index contributed by atoms with van der Waals surface area (Å²) < 4.78 is 5.52. The number of nitrogens with zero attached hydrogens (tertiary/aromatic N) is 2. The molecule has 0 saturated carbocycles. The van der Waals surface area contributed by atoms with Gasteiger partial charge in [-0.1, -0.05) is 30.3 Å². The molecule has 0 spiro atoms. The van der Waals surface area contributed by atoms with Gasteiger partial charge < -0.3 is 15.1 Å². The first-order chi connectivity index (χ1) is 11.2. The number of hydrogen-bond donors (Lipinski definition) is 2. The molecule has 0 saturated heterocycles. The molecule has 2 rings (SSSR count). The Kier molecular flexibility index (Phi) is 6.69. The van der Waals surface area contributed by atoms with Crippen molar-refractivity contribution in [3.05, 3.63) is 60.1 Å². The average Bonchev–Trinajstić information content (AvgIpc) is 3.08. The molecule has 1 unspecified atom stereocenters. The first kappa shape index (κ1) is 17.1. The molecular weight excluding hydrogens is 288 g/mol. The van der Waals surface area contributed by atoms with E-state index in [0.717, 1.165) is 31.2 Å². The highest BCUT2D eigenvalue weighted by atomic mass is 16.3. The smallest absolute Gasteiger partial charge is 0.191 e. The van der Waals surface area contributed by atoms with Crippen LogP contribution in [-0.4, -0.2) is 45.1 Å². The molecule has 23 heavy (non-hydrogen) atoms. The van der Waals surface area contributed by atoms with E-state index in [4.69, 9.17) is 4.42 Å². The molecule has 0 fully saturated rings. The summed E-state index contributed by atoms with van der Waals surface area (Å²) in [5.41, 5.74) is 1.32. The Morgan fingerprint density at radius 2 is 1.91 bits per heavy atom. The van der Waals surface area contributed by atoms with Crippen molar-refractivity contribution in [2.24, 2.45) is 4.99 Å².